The Hall–Kier alpha value is -3.04. The number of aromatic nitrogens is 2. The number of ether oxygens (including phenoxy) is 1. The minimum Gasteiger partial charge on any atom is -0.448 e. The van der Waals surface area contributed by atoms with E-state index in [1.54, 1.807) is 11.6 Å². The Morgan fingerprint density at radius 2 is 2.13 bits per heavy atom. The van der Waals surface area contributed by atoms with Gasteiger partial charge >= 0.3 is 6.09 Å². The highest BCUT2D eigenvalue weighted by Gasteiger charge is 2.25. The van der Waals surface area contributed by atoms with Crippen molar-refractivity contribution in [1.82, 2.24) is 15.0 Å². The van der Waals surface area contributed by atoms with Crippen molar-refractivity contribution in [3.05, 3.63) is 53.4 Å². The number of nitrogens with one attached hydrogen (secondary N) is 1. The van der Waals surface area contributed by atoms with E-state index in [0.717, 1.165) is 47.2 Å². The molecule has 0 saturated carbocycles. The van der Waals surface area contributed by atoms with E-state index in [2.05, 4.69) is 20.4 Å². The van der Waals surface area contributed by atoms with Gasteiger partial charge in [0.1, 0.15) is 12.4 Å². The number of hydrogen-bond donors (Lipinski definition) is 1. The molecule has 3 heterocycles. The Labute approximate surface area is 181 Å². The van der Waals surface area contributed by atoms with Crippen LogP contribution in [-0.2, 0) is 4.74 Å². The molecule has 0 spiro atoms. The van der Waals surface area contributed by atoms with Gasteiger partial charge in [0.05, 0.1) is 21.4 Å². The topological polar surface area (TPSA) is 80.5 Å². The van der Waals surface area contributed by atoms with Gasteiger partial charge in [-0.3, -0.25) is 10.2 Å². The molecule has 160 valence electrons. The van der Waals surface area contributed by atoms with Gasteiger partial charge in [0.25, 0.3) is 0 Å². The molecule has 1 fully saturated rings. The molecule has 1 amide bonds. The fourth-order valence-corrected chi connectivity index (χ4v) is 4.73. The van der Waals surface area contributed by atoms with Crippen molar-refractivity contribution >= 4 is 44.3 Å². The van der Waals surface area contributed by atoms with Crippen LogP contribution < -0.4 is 5.32 Å². The molecule has 9 heteroatoms. The van der Waals surface area contributed by atoms with Gasteiger partial charge in [-0.1, -0.05) is 5.16 Å². The Morgan fingerprint density at radius 3 is 3.00 bits per heavy atom. The van der Waals surface area contributed by atoms with E-state index in [0.29, 0.717) is 24.4 Å². The molecular weight excluding hydrogens is 419 g/mol. The maximum Gasteiger partial charge on any atom is 0.411 e. The number of rotatable bonds is 5. The van der Waals surface area contributed by atoms with E-state index in [-0.39, 0.29) is 11.7 Å². The van der Waals surface area contributed by atoms with Gasteiger partial charge in [-0.15, -0.1) is 11.3 Å². The highest BCUT2D eigenvalue weighted by atomic mass is 32.1. The Balaban J connectivity index is 1.08. The molecule has 2 aromatic carbocycles. The Kier molecular flexibility index (Phi) is 5.52. The quantitative estimate of drug-likeness (QED) is 0.470. The molecule has 1 N–H and O–H groups in total. The lowest BCUT2D eigenvalue weighted by Gasteiger charge is -2.30. The van der Waals surface area contributed by atoms with Crippen molar-refractivity contribution in [2.24, 2.45) is 0 Å². The predicted octanol–water partition coefficient (Wildman–Crippen LogP) is 5.00. The minimum atomic E-state index is -0.458. The second-order valence-electron chi connectivity index (χ2n) is 7.62. The third-order valence-corrected chi connectivity index (χ3v) is 6.45. The van der Waals surface area contributed by atoms with E-state index < -0.39 is 6.09 Å². The van der Waals surface area contributed by atoms with Crippen molar-refractivity contribution in [2.45, 2.75) is 18.8 Å². The van der Waals surface area contributed by atoms with Crippen LogP contribution in [-0.4, -0.2) is 47.4 Å². The van der Waals surface area contributed by atoms with Crippen molar-refractivity contribution in [2.75, 3.05) is 31.6 Å². The molecule has 31 heavy (non-hydrogen) atoms. The molecule has 0 aliphatic carbocycles. The van der Waals surface area contributed by atoms with Crippen LogP contribution in [0.1, 0.15) is 24.5 Å². The molecule has 1 saturated heterocycles. The van der Waals surface area contributed by atoms with Gasteiger partial charge in [0, 0.05) is 29.6 Å². The molecule has 0 atom stereocenters. The van der Waals surface area contributed by atoms with Crippen LogP contribution in [0.25, 0.3) is 21.2 Å². The molecule has 7 nitrogen and oxygen atoms in total. The number of thiazole rings is 1. The van der Waals surface area contributed by atoms with Gasteiger partial charge in [-0.05, 0) is 56.3 Å². The van der Waals surface area contributed by atoms with Crippen LogP contribution in [0.15, 0.2) is 46.4 Å². The fourth-order valence-electron chi connectivity index (χ4n) is 4.01. The number of likely N-dealkylation sites (tertiary alicyclic amines) is 1. The summed E-state index contributed by atoms with van der Waals surface area (Å²) < 4.78 is 25.0. The summed E-state index contributed by atoms with van der Waals surface area (Å²) in [5.41, 5.74) is 4.79. The summed E-state index contributed by atoms with van der Waals surface area (Å²) in [6.07, 6.45) is 1.40. The third-order valence-electron chi connectivity index (χ3n) is 5.65. The van der Waals surface area contributed by atoms with Crippen LogP contribution in [0.5, 0.6) is 0 Å². The summed E-state index contributed by atoms with van der Waals surface area (Å²) >= 11 is 1.53. The fraction of sp³-hybridized carbons (Fsp3) is 0.318. The molecule has 0 unspecified atom stereocenters. The van der Waals surface area contributed by atoms with Crippen molar-refractivity contribution < 1.29 is 18.4 Å². The van der Waals surface area contributed by atoms with Crippen molar-refractivity contribution in [3.63, 3.8) is 0 Å². The van der Waals surface area contributed by atoms with Crippen LogP contribution in [0.4, 0.5) is 14.9 Å². The molecule has 1 aliphatic heterocycles. The summed E-state index contributed by atoms with van der Waals surface area (Å²) in [4.78, 5) is 18.6. The van der Waals surface area contributed by atoms with Crippen molar-refractivity contribution in [1.29, 1.82) is 0 Å². The van der Waals surface area contributed by atoms with Gasteiger partial charge in [-0.2, -0.15) is 0 Å². The first-order valence-electron chi connectivity index (χ1n) is 10.2. The maximum atomic E-state index is 13.3. The second kappa shape index (κ2) is 8.60. The van der Waals surface area contributed by atoms with Crippen LogP contribution in [0, 0.1) is 5.82 Å². The summed E-state index contributed by atoms with van der Waals surface area (Å²) in [5, 5.41) is 7.83. The zero-order chi connectivity index (χ0) is 21.2. The molecule has 1 aliphatic rings. The van der Waals surface area contributed by atoms with Crippen molar-refractivity contribution in [3.8, 4) is 0 Å². The highest BCUT2D eigenvalue weighted by Crippen LogP contribution is 2.32. The lowest BCUT2D eigenvalue weighted by molar-refractivity contribution is 0.128. The normalized spacial score (nSPS) is 15.5. The first kappa shape index (κ1) is 19.9. The monoisotopic (exact) mass is 440 g/mol. The number of piperidine rings is 1. The maximum absolute atomic E-state index is 13.3. The Morgan fingerprint density at radius 1 is 1.26 bits per heavy atom. The average molecular weight is 441 g/mol. The van der Waals surface area contributed by atoms with Gasteiger partial charge in [0.15, 0.2) is 5.58 Å². The van der Waals surface area contributed by atoms with E-state index in [9.17, 15) is 9.18 Å². The second-order valence-corrected chi connectivity index (χ2v) is 8.51. The molecule has 2 aromatic heterocycles. The van der Waals surface area contributed by atoms with Gasteiger partial charge in [-0.25, -0.2) is 14.2 Å². The van der Waals surface area contributed by atoms with E-state index in [4.69, 9.17) is 9.26 Å². The van der Waals surface area contributed by atoms with E-state index in [1.807, 2.05) is 18.2 Å². The smallest absolute Gasteiger partial charge is 0.411 e. The summed E-state index contributed by atoms with van der Waals surface area (Å²) in [6, 6.07) is 10.1. The number of hydrogen-bond acceptors (Lipinski definition) is 7. The zero-order valence-corrected chi connectivity index (χ0v) is 17.5. The highest BCUT2D eigenvalue weighted by molar-refractivity contribution is 7.16. The first-order valence-corrected chi connectivity index (χ1v) is 11.1. The molecule has 5 rings (SSSR count). The third kappa shape index (κ3) is 4.38. The number of halogens is 1. The lowest BCUT2D eigenvalue weighted by atomic mass is 9.91. The molecular formula is C22H21FN4O3S. The number of benzene rings is 2. The molecule has 0 bridgehead atoms. The van der Waals surface area contributed by atoms with Crippen LogP contribution in [0.2, 0.25) is 0 Å². The summed E-state index contributed by atoms with van der Waals surface area (Å²) in [5.74, 6) is -0.0352. The summed E-state index contributed by atoms with van der Waals surface area (Å²) in [7, 11) is 0. The average Bonchev–Trinajstić information content (AvgIpc) is 3.40. The number of fused-ring (bicyclic) bond motifs is 2. The first-order chi connectivity index (χ1) is 15.2. The molecule has 4 aromatic rings. The SMILES string of the molecule is O=C(Nc1ccc2ncsc2c1)OCCN1CCC(c2noc3cc(F)ccc23)CC1. The number of carbonyl (C=O) groups is 1. The largest absolute Gasteiger partial charge is 0.448 e. The van der Waals surface area contributed by atoms with Gasteiger partial charge in [0.2, 0.25) is 0 Å². The van der Waals surface area contributed by atoms with Gasteiger partial charge < -0.3 is 9.26 Å². The molecule has 0 radical (unpaired) electrons. The number of amides is 1. The standard InChI is InChI=1S/C22H21FN4O3S/c23-15-1-3-17-19(11-15)30-26-21(17)14-5-7-27(8-6-14)9-10-29-22(28)25-16-2-4-18-20(12-16)31-13-24-18/h1-4,11-14H,5-10H2,(H,25,28). The number of anilines is 1. The number of carbonyl (C=O) groups excluding carboxylic acids is 1. The van der Waals surface area contributed by atoms with Crippen LogP contribution >= 0.6 is 11.3 Å². The lowest BCUT2D eigenvalue weighted by Crippen LogP contribution is -2.36. The zero-order valence-electron chi connectivity index (χ0n) is 16.7. The summed E-state index contributed by atoms with van der Waals surface area (Å²) in [6.45, 7) is 2.77. The van der Waals surface area contributed by atoms with E-state index >= 15 is 0 Å². The van der Waals surface area contributed by atoms with Crippen LogP contribution in [0.3, 0.4) is 0 Å². The Bertz CT molecular complexity index is 1220. The number of nitrogens with zero attached hydrogens (tertiary/aromatic N) is 3. The predicted molar refractivity (Wildman–Crippen MR) is 117 cm³/mol. The minimum absolute atomic E-state index is 0.286. The van der Waals surface area contributed by atoms with E-state index in [1.165, 1.54) is 23.5 Å².